The quantitative estimate of drug-likeness (QED) is 0.620. The zero-order valence-corrected chi connectivity index (χ0v) is 8.93. The van der Waals surface area contributed by atoms with Crippen LogP contribution in [-0.2, 0) is 9.47 Å². The van der Waals surface area contributed by atoms with Gasteiger partial charge >= 0.3 is 0 Å². The van der Waals surface area contributed by atoms with Crippen molar-refractivity contribution in [3.05, 3.63) is 12.0 Å². The fourth-order valence-electron chi connectivity index (χ4n) is 1.30. The highest BCUT2D eigenvalue weighted by atomic mass is 16.7. The highest BCUT2D eigenvalue weighted by Crippen LogP contribution is 2.42. The molecule has 1 fully saturated rings. The summed E-state index contributed by atoms with van der Waals surface area (Å²) in [4.78, 5) is 0. The first-order valence-electron chi connectivity index (χ1n) is 5.32. The van der Waals surface area contributed by atoms with Crippen molar-refractivity contribution in [2.24, 2.45) is 0 Å². The van der Waals surface area contributed by atoms with Crippen LogP contribution < -0.4 is 0 Å². The molecule has 0 amide bonds. The van der Waals surface area contributed by atoms with Gasteiger partial charge in [-0.2, -0.15) is 0 Å². The second-order valence-corrected chi connectivity index (χ2v) is 3.63. The van der Waals surface area contributed by atoms with E-state index in [1.807, 2.05) is 0 Å². The maximum Gasteiger partial charge on any atom is 0.250 e. The summed E-state index contributed by atoms with van der Waals surface area (Å²) in [5.74, 6) is 0.797. The Morgan fingerprint density at radius 2 is 1.92 bits per heavy atom. The average molecular weight is 184 g/mol. The van der Waals surface area contributed by atoms with E-state index in [0.29, 0.717) is 0 Å². The monoisotopic (exact) mass is 184 g/mol. The number of hydrogen-bond donors (Lipinski definition) is 0. The Labute approximate surface area is 80.9 Å². The molecule has 2 aliphatic rings. The molecule has 0 aromatic rings. The van der Waals surface area contributed by atoms with E-state index in [1.165, 1.54) is 12.8 Å². The van der Waals surface area contributed by atoms with Gasteiger partial charge in [0, 0.05) is 19.3 Å². The molecule has 2 heteroatoms. The van der Waals surface area contributed by atoms with Gasteiger partial charge in [-0.15, -0.1) is 0 Å². The minimum Gasteiger partial charge on any atom is -0.456 e. The molecule has 2 nitrogen and oxygen atoms in total. The van der Waals surface area contributed by atoms with Crippen LogP contribution in [0, 0.1) is 0 Å². The van der Waals surface area contributed by atoms with Crippen molar-refractivity contribution in [1.29, 1.82) is 0 Å². The summed E-state index contributed by atoms with van der Waals surface area (Å²) in [5.41, 5.74) is 0. The Morgan fingerprint density at radius 3 is 2.15 bits per heavy atom. The van der Waals surface area contributed by atoms with Gasteiger partial charge in [0.05, 0.1) is 0 Å². The normalized spacial score (nSPS) is 21.9. The molecule has 0 atom stereocenters. The molecule has 0 unspecified atom stereocenters. The van der Waals surface area contributed by atoms with Gasteiger partial charge in [-0.3, -0.25) is 0 Å². The first-order chi connectivity index (χ1) is 6.26. The van der Waals surface area contributed by atoms with E-state index in [0.717, 1.165) is 25.0 Å². The van der Waals surface area contributed by atoms with Crippen molar-refractivity contribution in [3.63, 3.8) is 0 Å². The Morgan fingerprint density at radius 1 is 1.31 bits per heavy atom. The molecule has 76 valence electrons. The van der Waals surface area contributed by atoms with E-state index in [2.05, 4.69) is 20.8 Å². The largest absolute Gasteiger partial charge is 0.456 e. The lowest BCUT2D eigenvalue weighted by molar-refractivity contribution is -0.199. The summed E-state index contributed by atoms with van der Waals surface area (Å²) >= 11 is 0. The summed E-state index contributed by atoms with van der Waals surface area (Å²) in [5, 5.41) is 0. The SMILES string of the molecule is CCC.CCC1=COC2(CCC2)O1. The van der Waals surface area contributed by atoms with Crippen LogP contribution in [0.25, 0.3) is 0 Å². The summed E-state index contributed by atoms with van der Waals surface area (Å²) in [6.45, 7) is 6.33. The van der Waals surface area contributed by atoms with E-state index < -0.39 is 0 Å². The van der Waals surface area contributed by atoms with Crippen molar-refractivity contribution in [2.75, 3.05) is 0 Å². The molecular formula is C11H20O2. The van der Waals surface area contributed by atoms with E-state index in [9.17, 15) is 0 Å². The van der Waals surface area contributed by atoms with Gasteiger partial charge < -0.3 is 9.47 Å². The zero-order chi connectivity index (χ0) is 9.73. The van der Waals surface area contributed by atoms with Crippen LogP contribution >= 0.6 is 0 Å². The summed E-state index contributed by atoms with van der Waals surface area (Å²) < 4.78 is 11.0. The molecule has 1 spiro atoms. The highest BCUT2D eigenvalue weighted by Gasteiger charge is 2.44. The predicted octanol–water partition coefficient (Wildman–Crippen LogP) is 3.58. The summed E-state index contributed by atoms with van der Waals surface area (Å²) in [6, 6.07) is 0. The van der Waals surface area contributed by atoms with Gasteiger partial charge in [-0.1, -0.05) is 27.2 Å². The molecule has 1 heterocycles. The molecule has 13 heavy (non-hydrogen) atoms. The lowest BCUT2D eigenvalue weighted by atomic mass is 9.91. The number of allylic oxidation sites excluding steroid dienone is 1. The molecule has 0 aromatic heterocycles. The molecule has 0 N–H and O–H groups in total. The highest BCUT2D eigenvalue weighted by molar-refractivity contribution is 4.99. The lowest BCUT2D eigenvalue weighted by Crippen LogP contribution is -2.38. The zero-order valence-electron chi connectivity index (χ0n) is 8.93. The Balaban J connectivity index is 0.000000251. The molecule has 1 aliphatic carbocycles. The van der Waals surface area contributed by atoms with Crippen LogP contribution in [0.3, 0.4) is 0 Å². The maximum absolute atomic E-state index is 5.57. The van der Waals surface area contributed by atoms with Gasteiger partial charge in [-0.25, -0.2) is 0 Å². The predicted molar refractivity (Wildman–Crippen MR) is 53.1 cm³/mol. The third-order valence-corrected chi connectivity index (χ3v) is 2.19. The minimum atomic E-state index is -0.203. The average Bonchev–Trinajstić information content (AvgIpc) is 2.48. The number of ether oxygens (including phenoxy) is 2. The van der Waals surface area contributed by atoms with E-state index in [-0.39, 0.29) is 5.79 Å². The molecule has 2 rings (SSSR count). The fraction of sp³-hybridized carbons (Fsp3) is 0.818. The van der Waals surface area contributed by atoms with Crippen LogP contribution in [0.15, 0.2) is 12.0 Å². The standard InChI is InChI=1S/C8H12O2.C3H8/c1-2-7-6-9-8(10-7)4-3-5-8;1-3-2/h6H,2-5H2,1H3;3H2,1-2H3. The van der Waals surface area contributed by atoms with Crippen LogP contribution in [0.5, 0.6) is 0 Å². The van der Waals surface area contributed by atoms with Gasteiger partial charge in [-0.05, 0) is 6.42 Å². The summed E-state index contributed by atoms with van der Waals surface area (Å²) in [7, 11) is 0. The third-order valence-electron chi connectivity index (χ3n) is 2.19. The number of rotatable bonds is 1. The molecule has 1 aliphatic heterocycles. The van der Waals surface area contributed by atoms with Crippen LogP contribution in [0.4, 0.5) is 0 Å². The van der Waals surface area contributed by atoms with Crippen molar-refractivity contribution in [1.82, 2.24) is 0 Å². The second kappa shape index (κ2) is 4.54. The van der Waals surface area contributed by atoms with Crippen molar-refractivity contribution < 1.29 is 9.47 Å². The molecule has 0 aromatic carbocycles. The molecule has 0 radical (unpaired) electrons. The van der Waals surface area contributed by atoms with Gasteiger partial charge in [0.2, 0.25) is 5.79 Å². The fourth-order valence-corrected chi connectivity index (χ4v) is 1.30. The molecular weight excluding hydrogens is 164 g/mol. The first-order valence-corrected chi connectivity index (χ1v) is 5.32. The first kappa shape index (κ1) is 10.4. The molecule has 0 bridgehead atoms. The topological polar surface area (TPSA) is 18.5 Å². The smallest absolute Gasteiger partial charge is 0.250 e. The van der Waals surface area contributed by atoms with Crippen LogP contribution in [0.2, 0.25) is 0 Å². The van der Waals surface area contributed by atoms with Gasteiger partial charge in [0.1, 0.15) is 12.0 Å². The Kier molecular flexibility index (Phi) is 3.64. The van der Waals surface area contributed by atoms with Gasteiger partial charge in [0.25, 0.3) is 0 Å². The lowest BCUT2D eigenvalue weighted by Gasteiger charge is -2.35. The minimum absolute atomic E-state index is 0.203. The van der Waals surface area contributed by atoms with Gasteiger partial charge in [0.15, 0.2) is 0 Å². The molecule has 1 saturated carbocycles. The Hall–Kier alpha value is -0.660. The van der Waals surface area contributed by atoms with Crippen LogP contribution in [0.1, 0.15) is 52.9 Å². The Bertz CT molecular complexity index is 181. The van der Waals surface area contributed by atoms with E-state index in [4.69, 9.17) is 9.47 Å². The maximum atomic E-state index is 5.57. The van der Waals surface area contributed by atoms with Crippen molar-refractivity contribution in [3.8, 4) is 0 Å². The van der Waals surface area contributed by atoms with E-state index >= 15 is 0 Å². The second-order valence-electron chi connectivity index (χ2n) is 3.63. The summed E-state index contributed by atoms with van der Waals surface area (Å²) in [6.07, 6.45) is 7.33. The third kappa shape index (κ3) is 2.39. The van der Waals surface area contributed by atoms with Crippen molar-refractivity contribution in [2.45, 2.75) is 58.7 Å². The van der Waals surface area contributed by atoms with Crippen LogP contribution in [-0.4, -0.2) is 5.79 Å². The number of hydrogen-bond acceptors (Lipinski definition) is 2. The molecule has 0 saturated heterocycles. The van der Waals surface area contributed by atoms with Crippen molar-refractivity contribution >= 4 is 0 Å². The van der Waals surface area contributed by atoms with E-state index in [1.54, 1.807) is 6.26 Å².